The van der Waals surface area contributed by atoms with Crippen molar-refractivity contribution in [2.45, 2.75) is 71.5 Å². The van der Waals surface area contributed by atoms with Crippen LogP contribution in [0, 0.1) is 0 Å². The minimum absolute atomic E-state index is 0.0231. The molecular formula is C25H30F3N5O. The molecule has 1 atom stereocenters. The van der Waals surface area contributed by atoms with Gasteiger partial charge in [-0.25, -0.2) is 0 Å². The van der Waals surface area contributed by atoms with E-state index in [0.717, 1.165) is 31.4 Å². The summed E-state index contributed by atoms with van der Waals surface area (Å²) in [5.41, 5.74) is 0.989. The van der Waals surface area contributed by atoms with Crippen LogP contribution in [0.2, 0.25) is 0 Å². The summed E-state index contributed by atoms with van der Waals surface area (Å²) in [5, 5.41) is 15.1. The van der Waals surface area contributed by atoms with Crippen molar-refractivity contribution in [3.05, 3.63) is 59.4 Å². The van der Waals surface area contributed by atoms with Gasteiger partial charge < -0.3 is 5.32 Å². The lowest BCUT2D eigenvalue weighted by Crippen LogP contribution is -2.45. The van der Waals surface area contributed by atoms with Crippen molar-refractivity contribution in [1.29, 1.82) is 0 Å². The van der Waals surface area contributed by atoms with Crippen molar-refractivity contribution < 1.29 is 18.0 Å². The number of nitrogens with zero attached hydrogens (tertiary/aromatic N) is 4. The van der Waals surface area contributed by atoms with Gasteiger partial charge >= 0.3 is 6.18 Å². The highest BCUT2D eigenvalue weighted by Crippen LogP contribution is 2.32. The molecule has 0 aliphatic rings. The molecule has 3 aromatic rings. The average molecular weight is 474 g/mol. The fraction of sp³-hybridized carbons (Fsp3) is 0.440. The molecule has 9 heteroatoms. The van der Waals surface area contributed by atoms with Crippen LogP contribution in [0.1, 0.15) is 81.5 Å². The zero-order valence-electron chi connectivity index (χ0n) is 20.1. The predicted octanol–water partition coefficient (Wildman–Crippen LogP) is 6.17. The highest BCUT2D eigenvalue weighted by molar-refractivity contribution is 5.96. The molecule has 1 unspecified atom stereocenters. The number of alkyl halides is 3. The number of halogens is 3. The molecule has 1 amide bonds. The molecule has 1 N–H and O–H groups in total. The Labute approximate surface area is 197 Å². The quantitative estimate of drug-likeness (QED) is 0.425. The standard InChI is InChI=1S/C25H30F3N5O/c1-6-12-24(5,7-2)29-23(34)19-13-18(17-8-10-20(11-9-17)25(26,27)28)14-21(15-19)33-22(16(3)4)30-31-32-33/h8-11,13-16H,6-7,12H2,1-5H3,(H,29,34). The van der Waals surface area contributed by atoms with Crippen molar-refractivity contribution in [2.24, 2.45) is 0 Å². The lowest BCUT2D eigenvalue weighted by Gasteiger charge is -2.29. The highest BCUT2D eigenvalue weighted by atomic mass is 19.4. The molecule has 182 valence electrons. The molecule has 6 nitrogen and oxygen atoms in total. The van der Waals surface area contributed by atoms with Gasteiger partial charge in [-0.05, 0) is 71.7 Å². The third kappa shape index (κ3) is 5.63. The second-order valence-electron chi connectivity index (χ2n) is 9.07. The molecule has 0 bridgehead atoms. The Hall–Kier alpha value is -3.23. The van der Waals surface area contributed by atoms with Gasteiger partial charge in [0.25, 0.3) is 5.91 Å². The molecule has 0 saturated heterocycles. The number of hydrogen-bond acceptors (Lipinski definition) is 4. The van der Waals surface area contributed by atoms with E-state index in [9.17, 15) is 18.0 Å². The van der Waals surface area contributed by atoms with Gasteiger partial charge in [0.2, 0.25) is 0 Å². The zero-order chi connectivity index (χ0) is 25.1. The molecular weight excluding hydrogens is 443 g/mol. The average Bonchev–Trinajstić information content (AvgIpc) is 3.29. The van der Waals surface area contributed by atoms with Gasteiger partial charge in [0, 0.05) is 17.0 Å². The van der Waals surface area contributed by atoms with E-state index in [4.69, 9.17) is 0 Å². The molecule has 2 aromatic carbocycles. The normalized spacial score (nSPS) is 13.7. The topological polar surface area (TPSA) is 72.7 Å². The second kappa shape index (κ2) is 9.95. The third-order valence-electron chi connectivity index (χ3n) is 5.98. The summed E-state index contributed by atoms with van der Waals surface area (Å²) in [5.74, 6) is 0.377. The molecule has 0 saturated carbocycles. The van der Waals surface area contributed by atoms with E-state index in [-0.39, 0.29) is 17.4 Å². The summed E-state index contributed by atoms with van der Waals surface area (Å²) in [4.78, 5) is 13.3. The van der Waals surface area contributed by atoms with Crippen molar-refractivity contribution in [3.63, 3.8) is 0 Å². The van der Waals surface area contributed by atoms with E-state index in [1.165, 1.54) is 12.1 Å². The third-order valence-corrected chi connectivity index (χ3v) is 5.98. The minimum Gasteiger partial charge on any atom is -0.347 e. The highest BCUT2D eigenvalue weighted by Gasteiger charge is 2.30. The number of aromatic nitrogens is 4. The summed E-state index contributed by atoms with van der Waals surface area (Å²) in [6.45, 7) is 10.00. The first-order valence-corrected chi connectivity index (χ1v) is 11.4. The van der Waals surface area contributed by atoms with Gasteiger partial charge in [0.15, 0.2) is 5.82 Å². The van der Waals surface area contributed by atoms with Gasteiger partial charge in [-0.3, -0.25) is 4.79 Å². The minimum atomic E-state index is -4.42. The van der Waals surface area contributed by atoms with Crippen LogP contribution in [-0.2, 0) is 6.18 Å². The maximum atomic E-state index is 13.3. The Balaban J connectivity index is 2.10. The van der Waals surface area contributed by atoms with E-state index in [1.54, 1.807) is 22.9 Å². The molecule has 0 fully saturated rings. The number of hydrogen-bond donors (Lipinski definition) is 1. The van der Waals surface area contributed by atoms with Gasteiger partial charge in [-0.1, -0.05) is 46.2 Å². The Kier molecular flexibility index (Phi) is 7.43. The largest absolute Gasteiger partial charge is 0.416 e. The zero-order valence-corrected chi connectivity index (χ0v) is 20.1. The van der Waals surface area contributed by atoms with Crippen molar-refractivity contribution in [1.82, 2.24) is 25.5 Å². The SMILES string of the molecule is CCCC(C)(CC)NC(=O)c1cc(-c2ccc(C(F)(F)F)cc2)cc(-n2nnnc2C(C)C)c1. The number of benzene rings is 2. The molecule has 1 aromatic heterocycles. The molecule has 0 aliphatic carbocycles. The van der Waals surface area contributed by atoms with E-state index >= 15 is 0 Å². The smallest absolute Gasteiger partial charge is 0.347 e. The van der Waals surface area contributed by atoms with Crippen LogP contribution in [-0.4, -0.2) is 31.7 Å². The van der Waals surface area contributed by atoms with Gasteiger partial charge in [0.1, 0.15) is 0 Å². The molecule has 3 rings (SSSR count). The van der Waals surface area contributed by atoms with Crippen LogP contribution in [0.15, 0.2) is 42.5 Å². The number of amides is 1. The van der Waals surface area contributed by atoms with E-state index < -0.39 is 11.7 Å². The molecule has 1 heterocycles. The summed E-state index contributed by atoms with van der Waals surface area (Å²) >= 11 is 0. The van der Waals surface area contributed by atoms with Crippen LogP contribution in [0.25, 0.3) is 16.8 Å². The number of nitrogens with one attached hydrogen (secondary N) is 1. The van der Waals surface area contributed by atoms with Crippen LogP contribution < -0.4 is 5.32 Å². The molecule has 0 radical (unpaired) electrons. The van der Waals surface area contributed by atoms with E-state index in [1.807, 2.05) is 27.7 Å². The maximum Gasteiger partial charge on any atom is 0.416 e. The Morgan fingerprint density at radius 2 is 1.74 bits per heavy atom. The molecule has 34 heavy (non-hydrogen) atoms. The first kappa shape index (κ1) is 25.4. The summed E-state index contributed by atoms with van der Waals surface area (Å²) in [6.07, 6.45) is -1.91. The van der Waals surface area contributed by atoms with Gasteiger partial charge in [0.05, 0.1) is 11.3 Å². The van der Waals surface area contributed by atoms with Crippen LogP contribution in [0.3, 0.4) is 0 Å². The van der Waals surface area contributed by atoms with Crippen LogP contribution in [0.4, 0.5) is 13.2 Å². The molecule has 0 spiro atoms. The van der Waals surface area contributed by atoms with Crippen LogP contribution >= 0.6 is 0 Å². The van der Waals surface area contributed by atoms with Crippen molar-refractivity contribution in [3.8, 4) is 16.8 Å². The van der Waals surface area contributed by atoms with Crippen molar-refractivity contribution in [2.75, 3.05) is 0 Å². The number of rotatable bonds is 8. The predicted molar refractivity (Wildman–Crippen MR) is 125 cm³/mol. The Morgan fingerprint density at radius 1 is 1.06 bits per heavy atom. The maximum absolute atomic E-state index is 13.3. The first-order valence-electron chi connectivity index (χ1n) is 11.4. The fourth-order valence-electron chi connectivity index (χ4n) is 3.85. The summed E-state index contributed by atoms with van der Waals surface area (Å²) < 4.78 is 40.7. The second-order valence-corrected chi connectivity index (χ2v) is 9.07. The number of tetrazole rings is 1. The van der Waals surface area contributed by atoms with Crippen LogP contribution in [0.5, 0.6) is 0 Å². The summed E-state index contributed by atoms with van der Waals surface area (Å²) in [6, 6.07) is 10.0. The van der Waals surface area contributed by atoms with Crippen molar-refractivity contribution >= 4 is 5.91 Å². The Morgan fingerprint density at radius 3 is 2.29 bits per heavy atom. The lowest BCUT2D eigenvalue weighted by atomic mass is 9.92. The lowest BCUT2D eigenvalue weighted by molar-refractivity contribution is -0.137. The number of carbonyl (C=O) groups excluding carboxylic acids is 1. The number of carbonyl (C=O) groups is 1. The monoisotopic (exact) mass is 473 g/mol. The summed E-state index contributed by atoms with van der Waals surface area (Å²) in [7, 11) is 0. The molecule has 0 aliphatic heterocycles. The van der Waals surface area contributed by atoms with Gasteiger partial charge in [-0.15, -0.1) is 5.10 Å². The first-order chi connectivity index (χ1) is 16.0. The Bertz CT molecular complexity index is 1140. The van der Waals surface area contributed by atoms with E-state index in [2.05, 4.69) is 27.8 Å². The van der Waals surface area contributed by atoms with E-state index in [0.29, 0.717) is 28.2 Å². The van der Waals surface area contributed by atoms with Gasteiger partial charge in [-0.2, -0.15) is 17.9 Å². The fourth-order valence-corrected chi connectivity index (χ4v) is 3.85.